The van der Waals surface area contributed by atoms with Gasteiger partial charge in [-0.15, -0.1) is 0 Å². The molecule has 0 unspecified atom stereocenters. The summed E-state index contributed by atoms with van der Waals surface area (Å²) in [5.74, 6) is -1.83. The Morgan fingerprint density at radius 1 is 1.25 bits per heavy atom. The molecule has 0 fully saturated rings. The van der Waals surface area contributed by atoms with Crippen LogP contribution in [0.2, 0.25) is 0 Å². The SMILES string of the molecule is Cc1ccc(NCc2cccc(F)c2F)cc1[N+](=O)[O-]. The van der Waals surface area contributed by atoms with E-state index < -0.39 is 16.6 Å². The number of anilines is 1. The number of nitrogens with one attached hydrogen (secondary N) is 1. The number of aryl methyl sites for hydroxylation is 1. The van der Waals surface area contributed by atoms with Crippen molar-refractivity contribution in [1.29, 1.82) is 0 Å². The molecule has 0 amide bonds. The molecule has 4 nitrogen and oxygen atoms in total. The zero-order valence-corrected chi connectivity index (χ0v) is 10.7. The molecule has 104 valence electrons. The molecule has 0 aromatic heterocycles. The highest BCUT2D eigenvalue weighted by Crippen LogP contribution is 2.23. The second-order valence-electron chi connectivity index (χ2n) is 4.32. The van der Waals surface area contributed by atoms with Gasteiger partial charge in [-0.1, -0.05) is 18.2 Å². The minimum Gasteiger partial charge on any atom is -0.381 e. The van der Waals surface area contributed by atoms with Gasteiger partial charge in [-0.05, 0) is 19.1 Å². The summed E-state index contributed by atoms with van der Waals surface area (Å²) >= 11 is 0. The van der Waals surface area contributed by atoms with Gasteiger partial charge in [0.15, 0.2) is 11.6 Å². The van der Waals surface area contributed by atoms with Gasteiger partial charge in [0, 0.05) is 29.4 Å². The predicted octanol–water partition coefficient (Wildman–Crippen LogP) is 3.79. The van der Waals surface area contributed by atoms with E-state index in [1.54, 1.807) is 19.1 Å². The lowest BCUT2D eigenvalue weighted by Crippen LogP contribution is -2.04. The molecular formula is C14H12F2N2O2. The third-order valence-electron chi connectivity index (χ3n) is 2.92. The second kappa shape index (κ2) is 5.64. The van der Waals surface area contributed by atoms with Crippen LogP contribution in [-0.2, 0) is 6.54 Å². The molecule has 0 heterocycles. The van der Waals surface area contributed by atoms with Crippen molar-refractivity contribution in [3.8, 4) is 0 Å². The van der Waals surface area contributed by atoms with E-state index in [1.807, 2.05) is 0 Å². The first-order valence-corrected chi connectivity index (χ1v) is 5.91. The van der Waals surface area contributed by atoms with Crippen molar-refractivity contribution in [2.75, 3.05) is 5.32 Å². The average molecular weight is 278 g/mol. The van der Waals surface area contributed by atoms with Gasteiger partial charge in [0.05, 0.1) is 4.92 Å². The average Bonchev–Trinajstić information content (AvgIpc) is 2.41. The van der Waals surface area contributed by atoms with Crippen LogP contribution in [0, 0.1) is 28.7 Å². The monoisotopic (exact) mass is 278 g/mol. The lowest BCUT2D eigenvalue weighted by molar-refractivity contribution is -0.385. The van der Waals surface area contributed by atoms with E-state index in [-0.39, 0.29) is 17.8 Å². The fourth-order valence-corrected chi connectivity index (χ4v) is 1.80. The van der Waals surface area contributed by atoms with Crippen LogP contribution in [0.4, 0.5) is 20.2 Å². The maximum Gasteiger partial charge on any atom is 0.274 e. The molecule has 0 aliphatic rings. The molecule has 6 heteroatoms. The second-order valence-corrected chi connectivity index (χ2v) is 4.32. The van der Waals surface area contributed by atoms with Gasteiger partial charge in [-0.25, -0.2) is 8.78 Å². The highest BCUT2D eigenvalue weighted by molar-refractivity contribution is 5.55. The summed E-state index contributed by atoms with van der Waals surface area (Å²) in [7, 11) is 0. The maximum absolute atomic E-state index is 13.5. The molecule has 0 spiro atoms. The molecule has 0 atom stereocenters. The molecule has 0 aliphatic carbocycles. The Bertz CT molecular complexity index is 660. The van der Waals surface area contributed by atoms with Crippen LogP contribution in [0.25, 0.3) is 0 Å². The van der Waals surface area contributed by atoms with Gasteiger partial charge < -0.3 is 5.32 Å². The number of hydrogen-bond acceptors (Lipinski definition) is 3. The van der Waals surface area contributed by atoms with Gasteiger partial charge in [-0.2, -0.15) is 0 Å². The standard InChI is InChI=1S/C14H12F2N2O2/c1-9-5-6-11(7-13(9)18(19)20)17-8-10-3-2-4-12(15)14(10)16/h2-7,17H,8H2,1H3. The van der Waals surface area contributed by atoms with Gasteiger partial charge in [0.25, 0.3) is 5.69 Å². The molecule has 0 saturated heterocycles. The zero-order chi connectivity index (χ0) is 14.7. The molecule has 2 aromatic rings. The summed E-state index contributed by atoms with van der Waals surface area (Å²) in [4.78, 5) is 10.3. The number of hydrogen-bond donors (Lipinski definition) is 1. The Kier molecular flexibility index (Phi) is 3.93. The van der Waals surface area contributed by atoms with E-state index in [1.165, 1.54) is 18.2 Å². The molecule has 1 N–H and O–H groups in total. The smallest absolute Gasteiger partial charge is 0.274 e. The molecule has 0 radical (unpaired) electrons. The van der Waals surface area contributed by atoms with Crippen LogP contribution in [0.1, 0.15) is 11.1 Å². The van der Waals surface area contributed by atoms with Crippen LogP contribution in [0.3, 0.4) is 0 Å². The molecule has 20 heavy (non-hydrogen) atoms. The molecule has 0 aliphatic heterocycles. The molecule has 2 rings (SSSR count). The topological polar surface area (TPSA) is 55.2 Å². The number of nitro groups is 1. The molecular weight excluding hydrogens is 266 g/mol. The lowest BCUT2D eigenvalue weighted by atomic mass is 10.1. The van der Waals surface area contributed by atoms with E-state index in [0.29, 0.717) is 11.3 Å². The Morgan fingerprint density at radius 3 is 2.70 bits per heavy atom. The highest BCUT2D eigenvalue weighted by atomic mass is 19.2. The van der Waals surface area contributed by atoms with E-state index in [4.69, 9.17) is 0 Å². The van der Waals surface area contributed by atoms with E-state index in [9.17, 15) is 18.9 Å². The number of nitro benzene ring substituents is 1. The van der Waals surface area contributed by atoms with Crippen LogP contribution in [0.15, 0.2) is 36.4 Å². The van der Waals surface area contributed by atoms with Crippen molar-refractivity contribution < 1.29 is 13.7 Å². The Hall–Kier alpha value is -2.50. The summed E-state index contributed by atoms with van der Waals surface area (Å²) < 4.78 is 26.5. The third kappa shape index (κ3) is 2.90. The van der Waals surface area contributed by atoms with Gasteiger partial charge in [0.2, 0.25) is 0 Å². The van der Waals surface area contributed by atoms with Crippen molar-refractivity contribution in [3.05, 3.63) is 69.3 Å². The molecule has 2 aromatic carbocycles. The van der Waals surface area contributed by atoms with Crippen molar-refractivity contribution in [2.45, 2.75) is 13.5 Å². The minimum atomic E-state index is -0.917. The quantitative estimate of drug-likeness (QED) is 0.683. The summed E-state index contributed by atoms with van der Waals surface area (Å²) in [5, 5.41) is 13.7. The van der Waals surface area contributed by atoms with Crippen molar-refractivity contribution in [1.82, 2.24) is 0 Å². The third-order valence-corrected chi connectivity index (χ3v) is 2.92. The fourth-order valence-electron chi connectivity index (χ4n) is 1.80. The number of benzene rings is 2. The van der Waals surface area contributed by atoms with Crippen molar-refractivity contribution >= 4 is 11.4 Å². The first-order chi connectivity index (χ1) is 9.49. The number of rotatable bonds is 4. The normalized spacial score (nSPS) is 10.3. The van der Waals surface area contributed by atoms with Gasteiger partial charge >= 0.3 is 0 Å². The molecule has 0 saturated carbocycles. The zero-order valence-electron chi connectivity index (χ0n) is 10.7. The minimum absolute atomic E-state index is 0.0188. The first-order valence-electron chi connectivity index (χ1n) is 5.91. The number of halogens is 2. The number of nitrogens with zero attached hydrogens (tertiary/aromatic N) is 1. The predicted molar refractivity (Wildman–Crippen MR) is 71.5 cm³/mol. The molecule has 0 bridgehead atoms. The van der Waals surface area contributed by atoms with E-state index in [2.05, 4.69) is 5.32 Å². The Labute approximate surface area is 114 Å². The lowest BCUT2D eigenvalue weighted by Gasteiger charge is -2.08. The summed E-state index contributed by atoms with van der Waals surface area (Å²) in [5.41, 5.74) is 1.16. The Morgan fingerprint density at radius 2 is 2.00 bits per heavy atom. The van der Waals surface area contributed by atoms with Gasteiger partial charge in [0.1, 0.15) is 0 Å². The van der Waals surface area contributed by atoms with Crippen LogP contribution < -0.4 is 5.32 Å². The van der Waals surface area contributed by atoms with Gasteiger partial charge in [-0.3, -0.25) is 10.1 Å². The van der Waals surface area contributed by atoms with E-state index in [0.717, 1.165) is 6.07 Å². The largest absolute Gasteiger partial charge is 0.381 e. The van der Waals surface area contributed by atoms with Crippen LogP contribution >= 0.6 is 0 Å². The summed E-state index contributed by atoms with van der Waals surface area (Å²) in [6.07, 6.45) is 0. The fraction of sp³-hybridized carbons (Fsp3) is 0.143. The Balaban J connectivity index is 2.17. The summed E-state index contributed by atoms with van der Waals surface area (Å²) in [6.45, 7) is 1.68. The summed E-state index contributed by atoms with van der Waals surface area (Å²) in [6, 6.07) is 8.52. The van der Waals surface area contributed by atoms with Crippen molar-refractivity contribution in [2.24, 2.45) is 0 Å². The van der Waals surface area contributed by atoms with Crippen LogP contribution in [0.5, 0.6) is 0 Å². The highest BCUT2D eigenvalue weighted by Gasteiger charge is 2.12. The first kappa shape index (κ1) is 13.9. The van der Waals surface area contributed by atoms with E-state index >= 15 is 0 Å². The van der Waals surface area contributed by atoms with Crippen molar-refractivity contribution in [3.63, 3.8) is 0 Å². The van der Waals surface area contributed by atoms with Crippen LogP contribution in [-0.4, -0.2) is 4.92 Å². The maximum atomic E-state index is 13.5.